The van der Waals surface area contributed by atoms with E-state index in [2.05, 4.69) is 5.92 Å². The molecule has 0 fully saturated rings. The van der Waals surface area contributed by atoms with Crippen molar-refractivity contribution in [2.75, 3.05) is 21.3 Å². The van der Waals surface area contributed by atoms with Crippen molar-refractivity contribution in [2.45, 2.75) is 18.4 Å². The van der Waals surface area contributed by atoms with E-state index in [4.69, 9.17) is 20.6 Å². The Labute approximate surface area is 136 Å². The molecule has 0 saturated heterocycles. The highest BCUT2D eigenvalue weighted by atomic mass is 16.6. The minimum absolute atomic E-state index is 0.231. The summed E-state index contributed by atoms with van der Waals surface area (Å²) in [5, 5.41) is 0. The molecule has 0 N–H and O–H groups in total. The van der Waals surface area contributed by atoms with E-state index in [1.54, 1.807) is 0 Å². The zero-order valence-electron chi connectivity index (χ0n) is 13.8. The number of rotatable bonds is 5. The molecule has 0 heterocycles. The van der Waals surface area contributed by atoms with Gasteiger partial charge in [0.25, 0.3) is 0 Å². The van der Waals surface area contributed by atoms with Crippen LogP contribution in [0.5, 0.6) is 0 Å². The van der Waals surface area contributed by atoms with Gasteiger partial charge in [-0.25, -0.2) is 0 Å². The van der Waals surface area contributed by atoms with Crippen LogP contribution in [0.2, 0.25) is 0 Å². The topological polar surface area (TPSA) is 44.8 Å². The minimum Gasteiger partial charge on any atom is -0.497 e. The zero-order chi connectivity index (χ0) is 17.0. The number of terminal acetylenes is 1. The number of benzene rings is 1. The fourth-order valence-corrected chi connectivity index (χ4v) is 2.87. The van der Waals surface area contributed by atoms with Gasteiger partial charge in [-0.1, -0.05) is 35.7 Å². The van der Waals surface area contributed by atoms with Crippen LogP contribution in [0.25, 0.3) is 0 Å². The summed E-state index contributed by atoms with van der Waals surface area (Å²) in [5.74, 6) is 2.67. The Kier molecular flexibility index (Phi) is 4.92. The first-order valence-corrected chi connectivity index (χ1v) is 7.17. The predicted molar refractivity (Wildman–Crippen MR) is 87.7 cm³/mol. The fourth-order valence-electron chi connectivity index (χ4n) is 2.87. The van der Waals surface area contributed by atoms with E-state index in [-0.39, 0.29) is 5.78 Å². The van der Waals surface area contributed by atoms with Crippen molar-refractivity contribution >= 4 is 5.78 Å². The van der Waals surface area contributed by atoms with Crippen LogP contribution in [0.3, 0.4) is 0 Å². The van der Waals surface area contributed by atoms with Gasteiger partial charge < -0.3 is 14.2 Å². The Morgan fingerprint density at radius 3 is 1.96 bits per heavy atom. The van der Waals surface area contributed by atoms with E-state index in [0.29, 0.717) is 11.5 Å². The lowest BCUT2D eigenvalue weighted by atomic mass is 9.76. The van der Waals surface area contributed by atoms with Gasteiger partial charge in [-0.15, -0.1) is 6.42 Å². The third-order valence-corrected chi connectivity index (χ3v) is 4.02. The lowest BCUT2D eigenvalue weighted by Gasteiger charge is -2.40. The van der Waals surface area contributed by atoms with Crippen molar-refractivity contribution in [2.24, 2.45) is 0 Å². The number of ether oxygens (including phenoxy) is 3. The van der Waals surface area contributed by atoms with Crippen LogP contribution in [0, 0.1) is 19.3 Å². The molecule has 0 saturated carbocycles. The van der Waals surface area contributed by atoms with Crippen LogP contribution in [-0.2, 0) is 19.0 Å². The Hall–Kier alpha value is -2.51. The summed E-state index contributed by atoms with van der Waals surface area (Å²) in [6.07, 6.45) is 8.58. The van der Waals surface area contributed by atoms with E-state index in [1.165, 1.54) is 33.5 Å². The Morgan fingerprint density at radius 2 is 1.57 bits per heavy atom. The van der Waals surface area contributed by atoms with E-state index in [1.807, 2.05) is 31.2 Å². The molecule has 0 spiro atoms. The van der Waals surface area contributed by atoms with Gasteiger partial charge in [0.15, 0.2) is 11.4 Å². The molecule has 0 unspecified atom stereocenters. The molecule has 4 nitrogen and oxygen atoms in total. The fraction of sp³-hybridized carbons (Fsp3) is 0.316. The van der Waals surface area contributed by atoms with Crippen LogP contribution >= 0.6 is 0 Å². The normalized spacial score (nSPS) is 17.6. The third kappa shape index (κ3) is 2.76. The van der Waals surface area contributed by atoms with E-state index >= 15 is 0 Å². The number of carbonyl (C=O) groups is 1. The first-order valence-electron chi connectivity index (χ1n) is 7.17. The lowest BCUT2D eigenvalue weighted by molar-refractivity contribution is -0.112. The second-order valence-corrected chi connectivity index (χ2v) is 5.28. The molecule has 0 aliphatic heterocycles. The van der Waals surface area contributed by atoms with Crippen molar-refractivity contribution in [3.05, 3.63) is 59.1 Å². The molecule has 1 aliphatic carbocycles. The maximum atomic E-state index is 11.9. The van der Waals surface area contributed by atoms with Gasteiger partial charge >= 0.3 is 0 Å². The molecule has 1 atom stereocenters. The van der Waals surface area contributed by atoms with Crippen molar-refractivity contribution in [1.29, 1.82) is 0 Å². The number of carbonyl (C=O) groups excluding carboxylic acids is 1. The first-order chi connectivity index (χ1) is 11.0. The SMILES string of the molecule is C#C[C@@H](c1ccc(C)cc1)C1(OC)C(OC)=CC(=O)C=C1OC. The summed E-state index contributed by atoms with van der Waals surface area (Å²) < 4.78 is 16.6. The maximum Gasteiger partial charge on any atom is 0.199 e. The van der Waals surface area contributed by atoms with Crippen LogP contribution in [0.4, 0.5) is 0 Å². The molecule has 1 aliphatic rings. The second-order valence-electron chi connectivity index (χ2n) is 5.28. The average molecular weight is 312 g/mol. The van der Waals surface area contributed by atoms with Crippen LogP contribution in [-0.4, -0.2) is 32.7 Å². The third-order valence-electron chi connectivity index (χ3n) is 4.02. The monoisotopic (exact) mass is 312 g/mol. The first kappa shape index (κ1) is 16.9. The molecular formula is C19H20O4. The molecule has 0 radical (unpaired) electrons. The van der Waals surface area contributed by atoms with Gasteiger partial charge in [-0.2, -0.15) is 0 Å². The summed E-state index contributed by atoms with van der Waals surface area (Å²) in [6.45, 7) is 2.00. The van der Waals surface area contributed by atoms with Gasteiger partial charge in [0.1, 0.15) is 11.5 Å². The summed E-state index contributed by atoms with van der Waals surface area (Å²) in [4.78, 5) is 11.9. The molecule has 1 aromatic carbocycles. The molecular weight excluding hydrogens is 292 g/mol. The van der Waals surface area contributed by atoms with Gasteiger partial charge in [-0.3, -0.25) is 4.79 Å². The standard InChI is InChI=1S/C19H20O4/c1-6-16(14-9-7-13(2)8-10-14)19(23-5)17(21-3)11-15(20)12-18(19)22-4/h1,7-12,16H,2-5H3/t16-/m0/s1. The molecule has 0 bridgehead atoms. The number of hydrogen-bond donors (Lipinski definition) is 0. The average Bonchev–Trinajstić information content (AvgIpc) is 2.57. The Morgan fingerprint density at radius 1 is 1.04 bits per heavy atom. The summed E-state index contributed by atoms with van der Waals surface area (Å²) in [7, 11) is 4.48. The quantitative estimate of drug-likeness (QED) is 0.784. The Bertz CT molecular complexity index is 665. The van der Waals surface area contributed by atoms with Gasteiger partial charge in [0.05, 0.1) is 20.1 Å². The molecule has 1 aromatic rings. The van der Waals surface area contributed by atoms with Crippen LogP contribution in [0.1, 0.15) is 17.0 Å². The zero-order valence-corrected chi connectivity index (χ0v) is 13.8. The van der Waals surface area contributed by atoms with Gasteiger partial charge in [0.2, 0.25) is 0 Å². The second kappa shape index (κ2) is 6.72. The summed E-state index contributed by atoms with van der Waals surface area (Å²) >= 11 is 0. The van der Waals surface area contributed by atoms with Gasteiger partial charge in [0, 0.05) is 19.3 Å². The smallest absolute Gasteiger partial charge is 0.199 e. The summed E-state index contributed by atoms with van der Waals surface area (Å²) in [5.41, 5.74) is 0.821. The molecule has 4 heteroatoms. The molecule has 23 heavy (non-hydrogen) atoms. The number of methoxy groups -OCH3 is 3. The highest BCUT2D eigenvalue weighted by Crippen LogP contribution is 2.44. The van der Waals surface area contributed by atoms with Crippen molar-refractivity contribution in [1.82, 2.24) is 0 Å². The minimum atomic E-state index is -1.18. The highest BCUT2D eigenvalue weighted by Gasteiger charge is 2.51. The molecule has 0 amide bonds. The molecule has 0 aromatic heterocycles. The number of ketones is 1. The largest absolute Gasteiger partial charge is 0.497 e. The van der Waals surface area contributed by atoms with Crippen molar-refractivity contribution < 1.29 is 19.0 Å². The van der Waals surface area contributed by atoms with E-state index in [0.717, 1.165) is 11.1 Å². The van der Waals surface area contributed by atoms with Crippen molar-refractivity contribution in [3.8, 4) is 12.3 Å². The van der Waals surface area contributed by atoms with Crippen molar-refractivity contribution in [3.63, 3.8) is 0 Å². The summed E-state index contributed by atoms with van der Waals surface area (Å²) in [6, 6.07) is 7.84. The number of allylic oxidation sites excluding steroid dienone is 2. The Balaban J connectivity index is 2.66. The predicted octanol–water partition coefficient (Wildman–Crippen LogP) is 2.74. The lowest BCUT2D eigenvalue weighted by Crippen LogP contribution is -2.45. The maximum absolute atomic E-state index is 11.9. The number of aryl methyl sites for hydroxylation is 1. The van der Waals surface area contributed by atoms with Gasteiger partial charge in [-0.05, 0) is 12.5 Å². The highest BCUT2D eigenvalue weighted by molar-refractivity contribution is 6.01. The van der Waals surface area contributed by atoms with Crippen LogP contribution < -0.4 is 0 Å². The molecule has 120 valence electrons. The van der Waals surface area contributed by atoms with E-state index in [9.17, 15) is 4.79 Å². The van der Waals surface area contributed by atoms with Crippen LogP contribution in [0.15, 0.2) is 47.9 Å². The molecule has 2 rings (SSSR count). The van der Waals surface area contributed by atoms with E-state index < -0.39 is 11.5 Å². The number of hydrogen-bond acceptors (Lipinski definition) is 4.